The van der Waals surface area contributed by atoms with Crippen LogP contribution in [0.3, 0.4) is 0 Å². The maximum atomic E-state index is 11.8. The van der Waals surface area contributed by atoms with E-state index in [0.717, 1.165) is 32.4 Å². The van der Waals surface area contributed by atoms with Crippen LogP contribution in [-0.2, 0) is 9.53 Å². The zero-order valence-electron chi connectivity index (χ0n) is 19.6. The summed E-state index contributed by atoms with van der Waals surface area (Å²) < 4.78 is 5.82. The highest BCUT2D eigenvalue weighted by Gasteiger charge is 2.27. The molecular weight excluding hydrogens is 396 g/mol. The van der Waals surface area contributed by atoms with E-state index >= 15 is 0 Å². The molecule has 1 amide bonds. The van der Waals surface area contributed by atoms with Crippen molar-refractivity contribution in [1.82, 2.24) is 4.90 Å². The van der Waals surface area contributed by atoms with Gasteiger partial charge in [-0.3, -0.25) is 4.79 Å². The van der Waals surface area contributed by atoms with Crippen molar-refractivity contribution in [2.75, 3.05) is 26.3 Å². The fourth-order valence-electron chi connectivity index (χ4n) is 4.13. The summed E-state index contributed by atoms with van der Waals surface area (Å²) in [5, 5.41) is 0. The van der Waals surface area contributed by atoms with Gasteiger partial charge in [-0.25, -0.2) is 0 Å². The topological polar surface area (TPSA) is 55.6 Å². The minimum Gasteiger partial charge on any atom is -0.379 e. The normalized spacial score (nSPS) is 16.3. The van der Waals surface area contributed by atoms with Crippen LogP contribution >= 0.6 is 12.4 Å². The summed E-state index contributed by atoms with van der Waals surface area (Å²) in [6, 6.07) is 0.250. The van der Waals surface area contributed by atoms with Crippen molar-refractivity contribution in [3.05, 3.63) is 12.2 Å². The lowest BCUT2D eigenvalue weighted by Gasteiger charge is -2.24. The standard InChI is InChI=1S/C25H48N2O2.ClH/c1-2-3-4-5-6-7-8-9-10-11-12-13-14-15-16-17-21-29-23-24-19-18-20-27(24)25(28)22-26;/h9-10,24H,2-8,11-23,26H2,1H3;1H/b10-9-;/t24-;/m0./s1. The van der Waals surface area contributed by atoms with Crippen LogP contribution < -0.4 is 5.73 Å². The predicted octanol–water partition coefficient (Wildman–Crippen LogP) is 6.41. The molecule has 30 heavy (non-hydrogen) atoms. The second-order valence-electron chi connectivity index (χ2n) is 8.60. The first-order valence-corrected chi connectivity index (χ1v) is 12.5. The number of unbranched alkanes of at least 4 members (excludes halogenated alkanes) is 12. The van der Waals surface area contributed by atoms with Gasteiger partial charge in [0.05, 0.1) is 19.2 Å². The smallest absolute Gasteiger partial charge is 0.236 e. The molecule has 2 N–H and O–H groups in total. The van der Waals surface area contributed by atoms with Gasteiger partial charge in [-0.1, -0.05) is 76.9 Å². The third-order valence-electron chi connectivity index (χ3n) is 5.98. The third-order valence-corrected chi connectivity index (χ3v) is 5.98. The molecule has 1 atom stereocenters. The Morgan fingerprint density at radius 1 is 0.933 bits per heavy atom. The number of allylic oxidation sites excluding steroid dienone is 2. The Hall–Kier alpha value is -0.580. The molecule has 1 aliphatic heterocycles. The number of halogens is 1. The zero-order valence-corrected chi connectivity index (χ0v) is 20.4. The molecule has 0 saturated carbocycles. The van der Waals surface area contributed by atoms with Crippen LogP contribution in [-0.4, -0.2) is 43.2 Å². The van der Waals surface area contributed by atoms with Gasteiger partial charge in [0.15, 0.2) is 0 Å². The molecule has 0 aromatic rings. The van der Waals surface area contributed by atoms with E-state index in [1.807, 2.05) is 4.90 Å². The summed E-state index contributed by atoms with van der Waals surface area (Å²) in [7, 11) is 0. The highest BCUT2D eigenvalue weighted by molar-refractivity contribution is 5.85. The number of hydrogen-bond acceptors (Lipinski definition) is 3. The minimum atomic E-state index is 0. The third kappa shape index (κ3) is 15.3. The number of nitrogens with two attached hydrogens (primary N) is 1. The largest absolute Gasteiger partial charge is 0.379 e. The molecule has 5 heteroatoms. The first kappa shape index (κ1) is 29.4. The lowest BCUT2D eigenvalue weighted by atomic mass is 10.1. The predicted molar refractivity (Wildman–Crippen MR) is 131 cm³/mol. The number of ether oxygens (including phenoxy) is 1. The minimum absolute atomic E-state index is 0. The Labute approximate surface area is 192 Å². The van der Waals surface area contributed by atoms with Crippen molar-refractivity contribution in [3.8, 4) is 0 Å². The van der Waals surface area contributed by atoms with E-state index in [1.54, 1.807) is 0 Å². The van der Waals surface area contributed by atoms with Crippen molar-refractivity contribution >= 4 is 18.3 Å². The highest BCUT2D eigenvalue weighted by Crippen LogP contribution is 2.17. The molecule has 1 aliphatic rings. The highest BCUT2D eigenvalue weighted by atomic mass is 35.5. The monoisotopic (exact) mass is 444 g/mol. The van der Waals surface area contributed by atoms with E-state index in [4.69, 9.17) is 10.5 Å². The Balaban J connectivity index is 0.00000841. The number of rotatable bonds is 19. The van der Waals surface area contributed by atoms with Gasteiger partial charge in [0, 0.05) is 13.2 Å². The quantitative estimate of drug-likeness (QED) is 0.185. The van der Waals surface area contributed by atoms with E-state index in [2.05, 4.69) is 19.1 Å². The Morgan fingerprint density at radius 3 is 2.10 bits per heavy atom. The van der Waals surface area contributed by atoms with Gasteiger partial charge in [0.2, 0.25) is 5.91 Å². The summed E-state index contributed by atoms with van der Waals surface area (Å²) >= 11 is 0. The Bertz CT molecular complexity index is 418. The molecule has 1 fully saturated rings. The van der Waals surface area contributed by atoms with Gasteiger partial charge in [0.1, 0.15) is 0 Å². The van der Waals surface area contributed by atoms with Crippen LogP contribution in [0.15, 0.2) is 12.2 Å². The lowest BCUT2D eigenvalue weighted by Crippen LogP contribution is -2.41. The van der Waals surface area contributed by atoms with Crippen molar-refractivity contribution in [1.29, 1.82) is 0 Å². The Morgan fingerprint density at radius 2 is 1.50 bits per heavy atom. The molecular formula is C25H49ClN2O2. The van der Waals surface area contributed by atoms with Crippen LogP contribution in [0.2, 0.25) is 0 Å². The molecule has 4 nitrogen and oxygen atoms in total. The van der Waals surface area contributed by atoms with E-state index in [1.165, 1.54) is 83.5 Å². The van der Waals surface area contributed by atoms with Gasteiger partial charge in [-0.05, 0) is 44.9 Å². The lowest BCUT2D eigenvalue weighted by molar-refractivity contribution is -0.131. The molecule has 1 saturated heterocycles. The first-order valence-electron chi connectivity index (χ1n) is 12.5. The second kappa shape index (κ2) is 21.6. The molecule has 0 radical (unpaired) electrons. The number of carbonyl (C=O) groups excluding carboxylic acids is 1. The van der Waals surface area contributed by atoms with Crippen molar-refractivity contribution in [2.45, 2.75) is 116 Å². The first-order chi connectivity index (χ1) is 14.3. The number of likely N-dealkylation sites (tertiary alicyclic amines) is 1. The summed E-state index contributed by atoms with van der Waals surface area (Å²) in [5.74, 6) is 0.0633. The number of nitrogens with zero attached hydrogens (tertiary/aromatic N) is 1. The van der Waals surface area contributed by atoms with E-state index in [0.29, 0.717) is 6.61 Å². The van der Waals surface area contributed by atoms with Gasteiger partial charge in [-0.2, -0.15) is 0 Å². The molecule has 0 spiro atoms. The average Bonchev–Trinajstić information content (AvgIpc) is 3.21. The Kier molecular flexibility index (Phi) is 21.2. The molecule has 178 valence electrons. The molecule has 0 aromatic carbocycles. The van der Waals surface area contributed by atoms with Crippen LogP contribution in [0, 0.1) is 0 Å². The van der Waals surface area contributed by atoms with Gasteiger partial charge in [0.25, 0.3) is 0 Å². The number of hydrogen-bond donors (Lipinski definition) is 1. The van der Waals surface area contributed by atoms with Crippen LogP contribution in [0.25, 0.3) is 0 Å². The SMILES string of the molecule is CCCCCCCC/C=C\CCCCCCCCOC[C@@H]1CCCN1C(=O)CN.Cl. The maximum absolute atomic E-state index is 11.8. The number of amides is 1. The van der Waals surface area contributed by atoms with Crippen molar-refractivity contribution < 1.29 is 9.53 Å². The molecule has 0 aromatic heterocycles. The van der Waals surface area contributed by atoms with E-state index in [9.17, 15) is 4.79 Å². The number of carbonyl (C=O) groups is 1. The van der Waals surface area contributed by atoms with Crippen LogP contribution in [0.1, 0.15) is 110 Å². The summed E-state index contributed by atoms with van der Waals surface area (Å²) in [6.45, 7) is 4.74. The summed E-state index contributed by atoms with van der Waals surface area (Å²) in [5.41, 5.74) is 5.48. The molecule has 0 bridgehead atoms. The molecule has 1 heterocycles. The van der Waals surface area contributed by atoms with E-state index in [-0.39, 0.29) is 30.9 Å². The molecule has 0 unspecified atom stereocenters. The van der Waals surface area contributed by atoms with Crippen LogP contribution in [0.5, 0.6) is 0 Å². The summed E-state index contributed by atoms with van der Waals surface area (Å²) in [6.07, 6.45) is 25.5. The molecule has 1 rings (SSSR count). The zero-order chi connectivity index (χ0) is 21.0. The van der Waals surface area contributed by atoms with Gasteiger partial charge < -0.3 is 15.4 Å². The van der Waals surface area contributed by atoms with Gasteiger partial charge in [-0.15, -0.1) is 12.4 Å². The van der Waals surface area contributed by atoms with Crippen LogP contribution in [0.4, 0.5) is 0 Å². The average molecular weight is 445 g/mol. The molecule has 0 aliphatic carbocycles. The van der Waals surface area contributed by atoms with Gasteiger partial charge >= 0.3 is 0 Å². The van der Waals surface area contributed by atoms with Crippen molar-refractivity contribution in [3.63, 3.8) is 0 Å². The fraction of sp³-hybridized carbons (Fsp3) is 0.880. The van der Waals surface area contributed by atoms with E-state index < -0.39 is 0 Å². The second-order valence-corrected chi connectivity index (χ2v) is 8.60. The maximum Gasteiger partial charge on any atom is 0.236 e. The summed E-state index contributed by atoms with van der Waals surface area (Å²) in [4.78, 5) is 13.7. The van der Waals surface area contributed by atoms with Crippen molar-refractivity contribution in [2.24, 2.45) is 5.73 Å². The fourth-order valence-corrected chi connectivity index (χ4v) is 4.13.